The summed E-state index contributed by atoms with van der Waals surface area (Å²) in [7, 11) is 0. The molecule has 1 N–H and O–H groups in total. The van der Waals surface area contributed by atoms with Crippen molar-refractivity contribution >= 4 is 21.8 Å². The van der Waals surface area contributed by atoms with E-state index in [0.717, 1.165) is 26.2 Å². The highest BCUT2D eigenvalue weighted by molar-refractivity contribution is 9.10. The predicted molar refractivity (Wildman–Crippen MR) is 82.9 cm³/mol. The number of hydrogen-bond donors (Lipinski definition) is 1. The van der Waals surface area contributed by atoms with Gasteiger partial charge >= 0.3 is 0 Å². The van der Waals surface area contributed by atoms with Crippen LogP contribution >= 0.6 is 15.9 Å². The summed E-state index contributed by atoms with van der Waals surface area (Å²) < 4.78 is 14.0. The van der Waals surface area contributed by atoms with E-state index in [0.29, 0.717) is 29.2 Å². The summed E-state index contributed by atoms with van der Waals surface area (Å²) in [5, 5.41) is 3.37. The average molecular weight is 356 g/mol. The third kappa shape index (κ3) is 3.44. The SMILES string of the molecule is O=C(c1cc(F)cc(Br)c1)N1CCN(C2CCNC2)CC1. The lowest BCUT2D eigenvalue weighted by Gasteiger charge is -2.37. The molecular formula is C15H19BrFN3O. The van der Waals surface area contributed by atoms with Crippen LogP contribution in [0.25, 0.3) is 0 Å². The number of halogens is 2. The van der Waals surface area contributed by atoms with Crippen molar-refractivity contribution in [2.45, 2.75) is 12.5 Å². The van der Waals surface area contributed by atoms with Crippen molar-refractivity contribution in [1.82, 2.24) is 15.1 Å². The highest BCUT2D eigenvalue weighted by Gasteiger charge is 2.28. The van der Waals surface area contributed by atoms with Crippen LogP contribution in [0.15, 0.2) is 22.7 Å². The summed E-state index contributed by atoms with van der Waals surface area (Å²) in [5.41, 5.74) is 0.415. The Labute approximate surface area is 132 Å². The van der Waals surface area contributed by atoms with Gasteiger partial charge in [-0.15, -0.1) is 0 Å². The molecule has 6 heteroatoms. The monoisotopic (exact) mass is 355 g/mol. The first kappa shape index (κ1) is 14.9. The van der Waals surface area contributed by atoms with E-state index in [2.05, 4.69) is 26.1 Å². The minimum absolute atomic E-state index is 0.0839. The minimum atomic E-state index is -0.386. The molecule has 2 saturated heterocycles. The van der Waals surface area contributed by atoms with Gasteiger partial charge in [0.05, 0.1) is 0 Å². The maximum atomic E-state index is 13.4. The van der Waals surface area contributed by atoms with E-state index in [1.54, 1.807) is 6.07 Å². The molecule has 2 fully saturated rings. The molecule has 2 aliphatic rings. The Balaban J connectivity index is 1.62. The molecule has 3 rings (SSSR count). The van der Waals surface area contributed by atoms with E-state index in [1.807, 2.05) is 4.90 Å². The molecule has 0 aromatic heterocycles. The highest BCUT2D eigenvalue weighted by atomic mass is 79.9. The second-order valence-corrected chi connectivity index (χ2v) is 6.55. The maximum Gasteiger partial charge on any atom is 0.254 e. The van der Waals surface area contributed by atoms with Gasteiger partial charge in [0.15, 0.2) is 0 Å². The number of piperazine rings is 1. The lowest BCUT2D eigenvalue weighted by Crippen LogP contribution is -2.52. The number of carbonyl (C=O) groups excluding carboxylic acids is 1. The second-order valence-electron chi connectivity index (χ2n) is 5.63. The number of nitrogens with zero attached hydrogens (tertiary/aromatic N) is 2. The van der Waals surface area contributed by atoms with Gasteiger partial charge in [-0.1, -0.05) is 15.9 Å². The van der Waals surface area contributed by atoms with Gasteiger partial charge in [0.1, 0.15) is 5.82 Å². The zero-order chi connectivity index (χ0) is 14.8. The summed E-state index contributed by atoms with van der Waals surface area (Å²) >= 11 is 3.23. The molecule has 1 atom stereocenters. The minimum Gasteiger partial charge on any atom is -0.336 e. The Bertz CT molecular complexity index is 505. The topological polar surface area (TPSA) is 35.6 Å². The quantitative estimate of drug-likeness (QED) is 0.877. The molecule has 1 aromatic carbocycles. The molecule has 2 heterocycles. The Morgan fingerprint density at radius 3 is 2.62 bits per heavy atom. The fourth-order valence-corrected chi connectivity index (χ4v) is 3.57. The van der Waals surface area contributed by atoms with Crippen LogP contribution in [0.4, 0.5) is 4.39 Å². The molecule has 0 saturated carbocycles. The fraction of sp³-hybridized carbons (Fsp3) is 0.533. The van der Waals surface area contributed by atoms with Crippen molar-refractivity contribution in [2.75, 3.05) is 39.3 Å². The number of benzene rings is 1. The van der Waals surface area contributed by atoms with Gasteiger partial charge in [-0.25, -0.2) is 4.39 Å². The second kappa shape index (κ2) is 6.42. The molecule has 1 unspecified atom stereocenters. The Morgan fingerprint density at radius 1 is 1.24 bits per heavy atom. The first-order valence-corrected chi connectivity index (χ1v) is 8.13. The van der Waals surface area contributed by atoms with Crippen molar-refractivity contribution in [3.8, 4) is 0 Å². The number of hydrogen-bond acceptors (Lipinski definition) is 3. The molecule has 114 valence electrons. The number of amides is 1. The lowest BCUT2D eigenvalue weighted by molar-refractivity contribution is 0.0583. The van der Waals surface area contributed by atoms with E-state index in [-0.39, 0.29) is 11.7 Å². The average Bonchev–Trinajstić information content (AvgIpc) is 3.00. The summed E-state index contributed by atoms with van der Waals surface area (Å²) in [5.74, 6) is -0.470. The zero-order valence-electron chi connectivity index (χ0n) is 11.8. The molecule has 21 heavy (non-hydrogen) atoms. The molecule has 0 bridgehead atoms. The van der Waals surface area contributed by atoms with Crippen LogP contribution in [0.5, 0.6) is 0 Å². The Kier molecular flexibility index (Phi) is 4.57. The Hall–Kier alpha value is -0.980. The van der Waals surface area contributed by atoms with Crippen molar-refractivity contribution in [3.63, 3.8) is 0 Å². The Morgan fingerprint density at radius 2 is 2.00 bits per heavy atom. The fourth-order valence-electron chi connectivity index (χ4n) is 3.10. The van der Waals surface area contributed by atoms with Gasteiger partial charge in [-0.2, -0.15) is 0 Å². The van der Waals surface area contributed by atoms with Crippen LogP contribution in [0.1, 0.15) is 16.8 Å². The molecule has 2 aliphatic heterocycles. The molecule has 4 nitrogen and oxygen atoms in total. The third-order valence-corrected chi connectivity index (χ3v) is 4.72. The van der Waals surface area contributed by atoms with Crippen molar-refractivity contribution in [1.29, 1.82) is 0 Å². The van der Waals surface area contributed by atoms with Gasteiger partial charge in [-0.3, -0.25) is 9.69 Å². The molecule has 0 aliphatic carbocycles. The summed E-state index contributed by atoms with van der Waals surface area (Å²) in [6, 6.07) is 4.95. The maximum absolute atomic E-state index is 13.4. The molecule has 0 spiro atoms. The van der Waals surface area contributed by atoms with Gasteiger partial charge < -0.3 is 10.2 Å². The predicted octanol–water partition coefficient (Wildman–Crippen LogP) is 1.71. The molecular weight excluding hydrogens is 337 g/mol. The normalized spacial score (nSPS) is 23.5. The largest absolute Gasteiger partial charge is 0.336 e. The van der Waals surface area contributed by atoms with E-state index >= 15 is 0 Å². The standard InChI is InChI=1S/C15H19BrFN3O/c16-12-7-11(8-13(17)9-12)15(21)20-5-3-19(4-6-20)14-1-2-18-10-14/h7-9,14,18H,1-6,10H2. The van der Waals surface area contributed by atoms with Gasteiger partial charge in [0.25, 0.3) is 5.91 Å². The van der Waals surface area contributed by atoms with Crippen LogP contribution in [0, 0.1) is 5.82 Å². The number of carbonyl (C=O) groups is 1. The van der Waals surface area contributed by atoms with Crippen LogP contribution in [0.3, 0.4) is 0 Å². The van der Waals surface area contributed by atoms with Gasteiger partial charge in [0, 0.05) is 48.8 Å². The zero-order valence-corrected chi connectivity index (χ0v) is 13.4. The van der Waals surface area contributed by atoms with Crippen molar-refractivity contribution in [2.24, 2.45) is 0 Å². The first-order chi connectivity index (χ1) is 10.1. The van der Waals surface area contributed by atoms with Gasteiger partial charge in [-0.05, 0) is 31.2 Å². The van der Waals surface area contributed by atoms with Crippen LogP contribution in [-0.4, -0.2) is 61.0 Å². The molecule has 1 aromatic rings. The highest BCUT2D eigenvalue weighted by Crippen LogP contribution is 2.18. The third-order valence-electron chi connectivity index (χ3n) is 4.26. The van der Waals surface area contributed by atoms with E-state index < -0.39 is 0 Å². The van der Waals surface area contributed by atoms with E-state index in [9.17, 15) is 9.18 Å². The lowest BCUT2D eigenvalue weighted by atomic mass is 10.1. The van der Waals surface area contributed by atoms with Crippen LogP contribution in [0.2, 0.25) is 0 Å². The van der Waals surface area contributed by atoms with Crippen LogP contribution in [-0.2, 0) is 0 Å². The first-order valence-electron chi connectivity index (χ1n) is 7.33. The summed E-state index contributed by atoms with van der Waals surface area (Å²) in [6.45, 7) is 5.35. The van der Waals surface area contributed by atoms with Gasteiger partial charge in [0.2, 0.25) is 0 Å². The smallest absolute Gasteiger partial charge is 0.254 e. The van der Waals surface area contributed by atoms with E-state index in [4.69, 9.17) is 0 Å². The van der Waals surface area contributed by atoms with Crippen molar-refractivity contribution in [3.05, 3.63) is 34.1 Å². The molecule has 1 amide bonds. The summed E-state index contributed by atoms with van der Waals surface area (Å²) in [4.78, 5) is 16.7. The van der Waals surface area contributed by atoms with E-state index in [1.165, 1.54) is 18.6 Å². The summed E-state index contributed by atoms with van der Waals surface area (Å²) in [6.07, 6.45) is 1.19. The molecule has 0 radical (unpaired) electrons. The van der Waals surface area contributed by atoms with Crippen molar-refractivity contribution < 1.29 is 9.18 Å². The van der Waals surface area contributed by atoms with Crippen LogP contribution < -0.4 is 5.32 Å². The number of rotatable bonds is 2. The number of nitrogens with one attached hydrogen (secondary N) is 1.